The summed E-state index contributed by atoms with van der Waals surface area (Å²) >= 11 is 0. The molecule has 0 radical (unpaired) electrons. The quantitative estimate of drug-likeness (QED) is 0.569. The van der Waals surface area contributed by atoms with Gasteiger partial charge in [0.2, 0.25) is 15.9 Å². The van der Waals surface area contributed by atoms with Crippen LogP contribution < -0.4 is 14.4 Å². The molecule has 0 atom stereocenters. The predicted octanol–water partition coefficient (Wildman–Crippen LogP) is 4.29. The van der Waals surface area contributed by atoms with Gasteiger partial charge in [0.25, 0.3) is 0 Å². The number of ether oxygens (including phenoxy) is 1. The fourth-order valence-electron chi connectivity index (χ4n) is 3.08. The van der Waals surface area contributed by atoms with E-state index >= 15 is 0 Å². The Kier molecular flexibility index (Phi) is 6.97. The van der Waals surface area contributed by atoms with Gasteiger partial charge in [-0.3, -0.25) is 9.10 Å². The summed E-state index contributed by atoms with van der Waals surface area (Å²) in [6.45, 7) is 3.84. The largest absolute Gasteiger partial charge is 0.489 e. The Morgan fingerprint density at radius 1 is 0.968 bits per heavy atom. The highest BCUT2D eigenvalue weighted by Crippen LogP contribution is 2.24. The maximum absolute atomic E-state index is 12.6. The molecule has 1 N–H and O–H groups in total. The lowest BCUT2D eigenvalue weighted by Crippen LogP contribution is -2.37. The van der Waals surface area contributed by atoms with Crippen LogP contribution in [0.5, 0.6) is 5.75 Å². The zero-order valence-electron chi connectivity index (χ0n) is 17.8. The van der Waals surface area contributed by atoms with Crippen molar-refractivity contribution in [2.24, 2.45) is 0 Å². The topological polar surface area (TPSA) is 75.7 Å². The van der Waals surface area contributed by atoms with E-state index in [-0.39, 0.29) is 6.54 Å². The van der Waals surface area contributed by atoms with Gasteiger partial charge < -0.3 is 10.1 Å². The third-order valence-electron chi connectivity index (χ3n) is 4.71. The SMILES string of the molecule is Cc1ccc(C)c(N(CC(=O)Nc2ccc(OCc3ccccc3)cc2)S(C)(=O)=O)c1. The van der Waals surface area contributed by atoms with Crippen LogP contribution in [0.15, 0.2) is 72.8 Å². The van der Waals surface area contributed by atoms with Crippen molar-refractivity contribution < 1.29 is 17.9 Å². The van der Waals surface area contributed by atoms with Gasteiger partial charge in [-0.25, -0.2) is 8.42 Å². The molecule has 3 aromatic carbocycles. The Morgan fingerprint density at radius 3 is 2.29 bits per heavy atom. The fraction of sp³-hybridized carbons (Fsp3) is 0.208. The van der Waals surface area contributed by atoms with E-state index in [9.17, 15) is 13.2 Å². The molecule has 6 nitrogen and oxygen atoms in total. The fourth-order valence-corrected chi connectivity index (χ4v) is 3.98. The molecule has 162 valence electrons. The van der Waals surface area contributed by atoms with Gasteiger partial charge in [-0.1, -0.05) is 42.5 Å². The lowest BCUT2D eigenvalue weighted by molar-refractivity contribution is -0.114. The molecule has 0 aromatic heterocycles. The number of nitrogens with zero attached hydrogens (tertiary/aromatic N) is 1. The molecule has 0 bridgehead atoms. The van der Waals surface area contributed by atoms with Crippen LogP contribution in [-0.4, -0.2) is 27.1 Å². The van der Waals surface area contributed by atoms with Crippen molar-refractivity contribution in [1.82, 2.24) is 0 Å². The number of sulfonamides is 1. The van der Waals surface area contributed by atoms with Crippen LogP contribution in [0.25, 0.3) is 0 Å². The molecule has 0 aliphatic rings. The summed E-state index contributed by atoms with van der Waals surface area (Å²) < 4.78 is 31.6. The van der Waals surface area contributed by atoms with E-state index in [4.69, 9.17) is 4.74 Å². The monoisotopic (exact) mass is 438 g/mol. The highest BCUT2D eigenvalue weighted by Gasteiger charge is 2.22. The van der Waals surface area contributed by atoms with Gasteiger partial charge in [0.1, 0.15) is 18.9 Å². The number of amides is 1. The average molecular weight is 439 g/mol. The molecule has 3 aromatic rings. The summed E-state index contributed by atoms with van der Waals surface area (Å²) in [5, 5.41) is 2.75. The minimum absolute atomic E-state index is 0.310. The zero-order chi connectivity index (χ0) is 22.4. The van der Waals surface area contributed by atoms with Crippen LogP contribution in [-0.2, 0) is 21.4 Å². The molecule has 0 fully saturated rings. The molecule has 31 heavy (non-hydrogen) atoms. The number of aryl methyl sites for hydroxylation is 2. The number of hydrogen-bond acceptors (Lipinski definition) is 4. The molecule has 0 unspecified atom stereocenters. The van der Waals surface area contributed by atoms with E-state index in [1.165, 1.54) is 0 Å². The van der Waals surface area contributed by atoms with E-state index in [1.54, 1.807) is 30.3 Å². The van der Waals surface area contributed by atoms with Gasteiger partial charge in [-0.05, 0) is 60.9 Å². The Balaban J connectivity index is 1.65. The van der Waals surface area contributed by atoms with Crippen LogP contribution in [0.4, 0.5) is 11.4 Å². The molecule has 0 spiro atoms. The minimum atomic E-state index is -3.63. The van der Waals surface area contributed by atoms with Crippen molar-refractivity contribution in [3.63, 3.8) is 0 Å². The second-order valence-corrected chi connectivity index (χ2v) is 9.31. The van der Waals surface area contributed by atoms with Crippen LogP contribution in [0.2, 0.25) is 0 Å². The Morgan fingerprint density at radius 2 is 1.65 bits per heavy atom. The highest BCUT2D eigenvalue weighted by molar-refractivity contribution is 7.92. The number of hydrogen-bond donors (Lipinski definition) is 1. The molecule has 7 heteroatoms. The van der Waals surface area contributed by atoms with Crippen molar-refractivity contribution in [1.29, 1.82) is 0 Å². The first kappa shape index (κ1) is 22.4. The number of benzene rings is 3. The summed E-state index contributed by atoms with van der Waals surface area (Å²) in [7, 11) is -3.63. The van der Waals surface area contributed by atoms with E-state index in [0.29, 0.717) is 23.7 Å². The molecule has 0 aliphatic carbocycles. The zero-order valence-corrected chi connectivity index (χ0v) is 18.6. The second kappa shape index (κ2) is 9.66. The lowest BCUT2D eigenvalue weighted by atomic mass is 10.1. The van der Waals surface area contributed by atoms with E-state index < -0.39 is 15.9 Å². The average Bonchev–Trinajstić information content (AvgIpc) is 2.73. The molecule has 3 rings (SSSR count). The van der Waals surface area contributed by atoms with Crippen LogP contribution in [0.1, 0.15) is 16.7 Å². The van der Waals surface area contributed by atoms with Crippen LogP contribution in [0.3, 0.4) is 0 Å². The standard InChI is InChI=1S/C24H26N2O4S/c1-18-9-10-19(2)23(15-18)26(31(3,28)29)16-24(27)25-21-11-13-22(14-12-21)30-17-20-7-5-4-6-8-20/h4-15H,16-17H2,1-3H3,(H,25,27). The summed E-state index contributed by atoms with van der Waals surface area (Å²) in [5.74, 6) is 0.249. The van der Waals surface area contributed by atoms with E-state index in [2.05, 4.69) is 5.32 Å². The molecular formula is C24H26N2O4S. The smallest absolute Gasteiger partial charge is 0.245 e. The van der Waals surface area contributed by atoms with Crippen molar-refractivity contribution in [3.8, 4) is 5.75 Å². The number of rotatable bonds is 8. The molecule has 0 heterocycles. The van der Waals surface area contributed by atoms with E-state index in [0.717, 1.165) is 27.3 Å². The van der Waals surface area contributed by atoms with Crippen molar-refractivity contribution in [2.45, 2.75) is 20.5 Å². The number of carbonyl (C=O) groups is 1. The van der Waals surface area contributed by atoms with Gasteiger partial charge in [0, 0.05) is 5.69 Å². The third kappa shape index (κ3) is 6.33. The highest BCUT2D eigenvalue weighted by atomic mass is 32.2. The Hall–Kier alpha value is -3.32. The molecule has 0 saturated heterocycles. The molecule has 0 aliphatic heterocycles. The first-order chi connectivity index (χ1) is 14.7. The first-order valence-electron chi connectivity index (χ1n) is 9.84. The van der Waals surface area contributed by atoms with Gasteiger partial charge in [0.15, 0.2) is 0 Å². The normalized spacial score (nSPS) is 11.1. The second-order valence-electron chi connectivity index (χ2n) is 7.41. The Labute approximate surface area is 183 Å². The van der Waals surface area contributed by atoms with Crippen molar-refractivity contribution >= 4 is 27.3 Å². The number of anilines is 2. The molecular weight excluding hydrogens is 412 g/mol. The molecule has 0 saturated carbocycles. The van der Waals surface area contributed by atoms with Crippen LogP contribution in [0, 0.1) is 13.8 Å². The maximum atomic E-state index is 12.6. The summed E-state index contributed by atoms with van der Waals surface area (Å²) in [4.78, 5) is 12.6. The summed E-state index contributed by atoms with van der Waals surface area (Å²) in [5.41, 5.74) is 3.82. The Bertz CT molecular complexity index is 1140. The lowest BCUT2D eigenvalue weighted by Gasteiger charge is -2.24. The van der Waals surface area contributed by atoms with Gasteiger partial charge in [-0.15, -0.1) is 0 Å². The van der Waals surface area contributed by atoms with Crippen molar-refractivity contribution in [2.75, 3.05) is 22.4 Å². The van der Waals surface area contributed by atoms with Gasteiger partial charge in [0.05, 0.1) is 11.9 Å². The van der Waals surface area contributed by atoms with Gasteiger partial charge in [-0.2, -0.15) is 0 Å². The third-order valence-corrected chi connectivity index (χ3v) is 5.83. The minimum Gasteiger partial charge on any atom is -0.489 e. The number of nitrogens with one attached hydrogen (secondary N) is 1. The predicted molar refractivity (Wildman–Crippen MR) is 124 cm³/mol. The summed E-state index contributed by atoms with van der Waals surface area (Å²) in [6, 6.07) is 22.3. The van der Waals surface area contributed by atoms with Gasteiger partial charge >= 0.3 is 0 Å². The number of carbonyl (C=O) groups excluding carboxylic acids is 1. The molecule has 1 amide bonds. The first-order valence-corrected chi connectivity index (χ1v) is 11.7. The van der Waals surface area contributed by atoms with E-state index in [1.807, 2.05) is 56.3 Å². The van der Waals surface area contributed by atoms with Crippen LogP contribution >= 0.6 is 0 Å². The van der Waals surface area contributed by atoms with Crippen molar-refractivity contribution in [3.05, 3.63) is 89.5 Å². The summed E-state index contributed by atoms with van der Waals surface area (Å²) in [6.07, 6.45) is 1.10. The maximum Gasteiger partial charge on any atom is 0.245 e.